The number of amides is 1. The van der Waals surface area contributed by atoms with Crippen LogP contribution in [0.2, 0.25) is 0 Å². The number of allylic oxidation sites excluding steroid dienone is 3. The Hall–Kier alpha value is -4.37. The zero-order valence-corrected chi connectivity index (χ0v) is 25.2. The monoisotopic (exact) mass is 545 g/mol. The summed E-state index contributed by atoms with van der Waals surface area (Å²) < 4.78 is 17.9. The molecule has 0 saturated carbocycles. The van der Waals surface area contributed by atoms with E-state index >= 15 is 0 Å². The van der Waals surface area contributed by atoms with Crippen LogP contribution in [0.4, 0.5) is 10.1 Å². The number of carbonyl (C=O) groups is 1. The molecule has 2 aromatic carbocycles. The predicted molar refractivity (Wildman–Crippen MR) is 167 cm³/mol. The molecule has 1 heterocycles. The molecule has 3 rings (SSSR count). The van der Waals surface area contributed by atoms with E-state index in [1.54, 1.807) is 32.1 Å². The molecule has 5 nitrogen and oxygen atoms in total. The van der Waals surface area contributed by atoms with Gasteiger partial charge in [-0.3, -0.25) is 9.78 Å². The van der Waals surface area contributed by atoms with Gasteiger partial charge in [-0.15, -0.1) is 12.3 Å². The van der Waals surface area contributed by atoms with Gasteiger partial charge in [0.15, 0.2) is 0 Å². The quantitative estimate of drug-likeness (QED) is 0.231. The zero-order valence-electron chi connectivity index (χ0n) is 25.2. The van der Waals surface area contributed by atoms with E-state index in [9.17, 15) is 9.18 Å². The van der Waals surface area contributed by atoms with Gasteiger partial charge in [-0.1, -0.05) is 50.3 Å². The highest BCUT2D eigenvalue weighted by molar-refractivity contribution is 5.94. The second-order valence-electron chi connectivity index (χ2n) is 8.37. The highest BCUT2D eigenvalue weighted by atomic mass is 19.1. The Kier molecular flexibility index (Phi) is 19.2. The second-order valence-corrected chi connectivity index (χ2v) is 8.37. The van der Waals surface area contributed by atoms with Crippen molar-refractivity contribution in [3.8, 4) is 18.1 Å². The van der Waals surface area contributed by atoms with Gasteiger partial charge in [0.05, 0.1) is 0 Å². The summed E-state index contributed by atoms with van der Waals surface area (Å²) in [5, 5.41) is 2.94. The first-order chi connectivity index (χ1) is 19.2. The average Bonchev–Trinajstić information content (AvgIpc) is 2.96. The summed E-state index contributed by atoms with van der Waals surface area (Å²) in [6.45, 7) is 12.0. The number of benzene rings is 2. The Bertz CT molecular complexity index is 1190. The number of aryl methyl sites for hydroxylation is 2. The number of hydrogen-bond acceptors (Lipinski definition) is 4. The molecule has 1 N–H and O–H groups in total. The topological polar surface area (TPSA) is 54.5 Å². The molecular weight excluding hydrogens is 501 g/mol. The van der Waals surface area contributed by atoms with Gasteiger partial charge >= 0.3 is 0 Å². The van der Waals surface area contributed by atoms with Gasteiger partial charge in [0.2, 0.25) is 0 Å². The number of anilines is 1. The van der Waals surface area contributed by atoms with Crippen LogP contribution in [-0.4, -0.2) is 31.6 Å². The first-order valence-corrected chi connectivity index (χ1v) is 13.2. The molecule has 0 aliphatic heterocycles. The van der Waals surface area contributed by atoms with Crippen molar-refractivity contribution in [2.24, 2.45) is 0 Å². The number of ether oxygens (including phenoxy) is 1. The Morgan fingerprint density at radius 1 is 1.05 bits per heavy atom. The van der Waals surface area contributed by atoms with E-state index in [1.807, 2.05) is 101 Å². The second kappa shape index (κ2) is 21.6. The van der Waals surface area contributed by atoms with Crippen LogP contribution in [0.25, 0.3) is 0 Å². The minimum Gasteiger partial charge on any atom is -0.490 e. The zero-order chi connectivity index (χ0) is 30.3. The van der Waals surface area contributed by atoms with E-state index in [1.165, 1.54) is 12.2 Å². The third-order valence-electron chi connectivity index (χ3n) is 4.89. The van der Waals surface area contributed by atoms with Gasteiger partial charge in [-0.05, 0) is 81.8 Å². The molecule has 0 unspecified atom stereocenters. The van der Waals surface area contributed by atoms with Gasteiger partial charge in [-0.2, -0.15) is 0 Å². The van der Waals surface area contributed by atoms with Crippen molar-refractivity contribution >= 4 is 11.6 Å². The van der Waals surface area contributed by atoms with E-state index in [0.717, 1.165) is 28.4 Å². The Labute approximate surface area is 240 Å². The number of nitrogens with one attached hydrogen (secondary N) is 1. The Morgan fingerprint density at radius 3 is 2.10 bits per heavy atom. The summed E-state index contributed by atoms with van der Waals surface area (Å²) in [5.41, 5.74) is 4.60. The standard InChI is InChI=1S/C17H21N3O.C12H13FO.C3H4.C2H6/c1-12-9-15(10-13(2)19-12)17(21)18-11-14-5-7-16(8-6-14)20(3)4;1-2-11(13)7-6-10-14-12-8-4-3-5-9-12;1-3-2;1-2/h5-10H,11H2,1-4H3,(H,18,21);2-9H,10H2,1H3;1H,2H3;1-2H3/b;7-6-,11-2+;;. The van der Waals surface area contributed by atoms with Crippen LogP contribution in [0.1, 0.15) is 55.0 Å². The van der Waals surface area contributed by atoms with Crippen LogP contribution < -0.4 is 15.0 Å². The smallest absolute Gasteiger partial charge is 0.251 e. The van der Waals surface area contributed by atoms with Gasteiger partial charge in [0.1, 0.15) is 18.2 Å². The van der Waals surface area contributed by atoms with Crippen LogP contribution in [0, 0.1) is 26.2 Å². The van der Waals surface area contributed by atoms with Crippen LogP contribution in [-0.2, 0) is 6.54 Å². The van der Waals surface area contributed by atoms with E-state index in [0.29, 0.717) is 18.7 Å². The Morgan fingerprint density at radius 2 is 1.60 bits per heavy atom. The van der Waals surface area contributed by atoms with Gasteiger partial charge in [0.25, 0.3) is 5.91 Å². The number of terminal acetylenes is 1. The first-order valence-electron chi connectivity index (χ1n) is 13.2. The maximum atomic E-state index is 12.6. The van der Waals surface area contributed by atoms with Crippen LogP contribution in [0.15, 0.2) is 90.8 Å². The SMILES string of the molecule is C#CC.C/C=C(F)\C=C/COc1ccccc1.CC.Cc1cc(C(=O)NCc2ccc(N(C)C)cc2)cc(C)n1. The van der Waals surface area contributed by atoms with Crippen molar-refractivity contribution in [2.45, 2.75) is 48.1 Å². The maximum Gasteiger partial charge on any atom is 0.251 e. The normalized spacial score (nSPS) is 9.95. The van der Waals surface area contributed by atoms with Crippen molar-refractivity contribution in [1.82, 2.24) is 10.3 Å². The highest BCUT2D eigenvalue weighted by Crippen LogP contribution is 2.12. The maximum absolute atomic E-state index is 12.6. The van der Waals surface area contributed by atoms with Crippen molar-refractivity contribution in [1.29, 1.82) is 0 Å². The number of carbonyl (C=O) groups excluding carboxylic acids is 1. The molecule has 0 aliphatic rings. The van der Waals surface area contributed by atoms with Crippen molar-refractivity contribution < 1.29 is 13.9 Å². The Balaban J connectivity index is 0.000000693. The molecule has 0 bridgehead atoms. The van der Waals surface area contributed by atoms with Crippen LogP contribution >= 0.6 is 0 Å². The van der Waals surface area contributed by atoms with E-state index in [-0.39, 0.29) is 11.7 Å². The molecule has 1 aromatic heterocycles. The number of para-hydroxylation sites is 1. The first kappa shape index (κ1) is 35.6. The highest BCUT2D eigenvalue weighted by Gasteiger charge is 2.07. The molecule has 0 fully saturated rings. The number of aromatic nitrogens is 1. The number of rotatable bonds is 8. The predicted octanol–water partition coefficient (Wildman–Crippen LogP) is 7.86. The van der Waals surface area contributed by atoms with Crippen LogP contribution in [0.5, 0.6) is 5.75 Å². The molecule has 3 aromatic rings. The van der Waals surface area contributed by atoms with E-state index in [2.05, 4.69) is 22.6 Å². The summed E-state index contributed by atoms with van der Waals surface area (Å²) in [6, 6.07) is 21.2. The molecule has 0 radical (unpaired) electrons. The van der Waals surface area contributed by atoms with Gasteiger partial charge in [-0.25, -0.2) is 4.39 Å². The third kappa shape index (κ3) is 15.8. The molecule has 40 heavy (non-hydrogen) atoms. The lowest BCUT2D eigenvalue weighted by molar-refractivity contribution is 0.0950. The minimum absolute atomic E-state index is 0.0692. The number of pyridine rings is 1. The average molecular weight is 546 g/mol. The number of hydrogen-bond donors (Lipinski definition) is 1. The lowest BCUT2D eigenvalue weighted by Crippen LogP contribution is -2.23. The summed E-state index contributed by atoms with van der Waals surface area (Å²) in [6.07, 6.45) is 9.03. The van der Waals surface area contributed by atoms with E-state index < -0.39 is 0 Å². The number of halogens is 1. The van der Waals surface area contributed by atoms with Crippen LogP contribution in [0.3, 0.4) is 0 Å². The number of nitrogens with zero attached hydrogens (tertiary/aromatic N) is 2. The van der Waals surface area contributed by atoms with Gasteiger partial charge < -0.3 is 15.0 Å². The summed E-state index contributed by atoms with van der Waals surface area (Å²) in [5.74, 6) is 2.72. The van der Waals surface area contributed by atoms with Crippen molar-refractivity contribution in [3.05, 3.63) is 113 Å². The summed E-state index contributed by atoms with van der Waals surface area (Å²) in [4.78, 5) is 18.5. The van der Waals surface area contributed by atoms with Gasteiger partial charge in [0, 0.05) is 43.3 Å². The largest absolute Gasteiger partial charge is 0.490 e. The molecule has 0 atom stereocenters. The lowest BCUT2D eigenvalue weighted by atomic mass is 10.1. The lowest BCUT2D eigenvalue weighted by Gasteiger charge is -2.13. The van der Waals surface area contributed by atoms with E-state index in [4.69, 9.17) is 4.74 Å². The molecule has 0 saturated heterocycles. The molecule has 214 valence electrons. The fourth-order valence-electron chi connectivity index (χ4n) is 3.08. The van der Waals surface area contributed by atoms with Crippen molar-refractivity contribution in [2.75, 3.05) is 25.6 Å². The molecule has 1 amide bonds. The van der Waals surface area contributed by atoms with Crippen molar-refractivity contribution in [3.63, 3.8) is 0 Å². The molecular formula is C34H44FN3O2. The fraction of sp³-hybridized carbons (Fsp3) is 0.294. The summed E-state index contributed by atoms with van der Waals surface area (Å²) in [7, 11) is 4.01. The third-order valence-corrected chi connectivity index (χ3v) is 4.89. The fourth-order valence-corrected chi connectivity index (χ4v) is 3.08. The minimum atomic E-state index is -0.248. The molecule has 6 heteroatoms. The molecule has 0 aliphatic carbocycles. The summed E-state index contributed by atoms with van der Waals surface area (Å²) >= 11 is 0. The molecule has 0 spiro atoms.